The number of rotatable bonds is 10. The second kappa shape index (κ2) is 12.9. The zero-order valence-electron chi connectivity index (χ0n) is 23.7. The number of benzene rings is 3. The van der Waals surface area contributed by atoms with Gasteiger partial charge in [-0.25, -0.2) is 13.8 Å². The molecule has 42 heavy (non-hydrogen) atoms. The molecule has 220 valence electrons. The lowest BCUT2D eigenvalue weighted by atomic mass is 10.2. The van der Waals surface area contributed by atoms with E-state index in [2.05, 4.69) is 10.5 Å². The maximum absolute atomic E-state index is 13.8. The normalized spacial score (nSPS) is 11.5. The molecule has 0 radical (unpaired) electrons. The summed E-state index contributed by atoms with van der Waals surface area (Å²) in [6, 6.07) is 18.2. The molecule has 12 heteroatoms. The number of carbonyl (C=O) groups is 1. The van der Waals surface area contributed by atoms with Gasteiger partial charge in [0.1, 0.15) is 6.54 Å². The van der Waals surface area contributed by atoms with E-state index in [1.54, 1.807) is 36.4 Å². The number of amides is 1. The highest BCUT2D eigenvalue weighted by atomic mass is 35.5. The van der Waals surface area contributed by atoms with Crippen LogP contribution in [0.1, 0.15) is 22.5 Å². The summed E-state index contributed by atoms with van der Waals surface area (Å²) in [7, 11) is -1.31. The van der Waals surface area contributed by atoms with Crippen LogP contribution >= 0.6 is 23.2 Å². The van der Waals surface area contributed by atoms with Gasteiger partial charge < -0.3 is 14.0 Å². The number of nitrogens with zero attached hydrogens (tertiary/aromatic N) is 3. The molecule has 1 N–H and O–H groups in total. The molecule has 0 aliphatic heterocycles. The lowest BCUT2D eigenvalue weighted by Crippen LogP contribution is -2.39. The number of hydrogen-bond donors (Lipinski definition) is 1. The fraction of sp³-hybridized carbons (Fsp3) is 0.200. The van der Waals surface area contributed by atoms with Crippen molar-refractivity contribution in [2.24, 2.45) is 5.10 Å². The Kier molecular flexibility index (Phi) is 9.50. The molecule has 1 amide bonds. The van der Waals surface area contributed by atoms with E-state index in [1.807, 2.05) is 37.5 Å². The molecule has 0 unspecified atom stereocenters. The van der Waals surface area contributed by atoms with Crippen molar-refractivity contribution in [2.45, 2.75) is 25.7 Å². The molecule has 0 aliphatic rings. The zero-order valence-corrected chi connectivity index (χ0v) is 26.0. The standard InChI is InChI=1S/C30H30Cl2N4O5S/c1-19-6-9-24(10-7-19)35(42(38,39)25-11-13-28(40-4)29(16-25)41-5)18-30(37)34-33-17-22-14-20(2)36(21(22)3)27-12-8-23(31)15-26(27)32/h6-17H,18H2,1-5H3,(H,34,37)/b33-17-. The first-order valence-electron chi connectivity index (χ1n) is 12.7. The van der Waals surface area contributed by atoms with Crippen molar-refractivity contribution in [1.82, 2.24) is 9.99 Å². The largest absolute Gasteiger partial charge is 0.493 e. The zero-order chi connectivity index (χ0) is 30.6. The summed E-state index contributed by atoms with van der Waals surface area (Å²) in [5.41, 5.74) is 6.94. The fourth-order valence-electron chi connectivity index (χ4n) is 4.42. The molecule has 0 saturated heterocycles. The smallest absolute Gasteiger partial charge is 0.264 e. The van der Waals surface area contributed by atoms with E-state index in [9.17, 15) is 13.2 Å². The first-order valence-corrected chi connectivity index (χ1v) is 14.9. The van der Waals surface area contributed by atoms with Gasteiger partial charge in [0.2, 0.25) is 0 Å². The van der Waals surface area contributed by atoms with Crippen LogP contribution in [-0.2, 0) is 14.8 Å². The number of aryl methyl sites for hydroxylation is 2. The van der Waals surface area contributed by atoms with E-state index >= 15 is 0 Å². The maximum Gasteiger partial charge on any atom is 0.264 e. The number of aromatic nitrogens is 1. The highest BCUT2D eigenvalue weighted by Gasteiger charge is 2.28. The first-order chi connectivity index (χ1) is 20.0. The van der Waals surface area contributed by atoms with Gasteiger partial charge in [-0.05, 0) is 69.3 Å². The third-order valence-electron chi connectivity index (χ3n) is 6.57. The molecular weight excluding hydrogens is 599 g/mol. The molecule has 4 aromatic rings. The van der Waals surface area contributed by atoms with Gasteiger partial charge in [-0.3, -0.25) is 9.10 Å². The molecule has 0 saturated carbocycles. The quantitative estimate of drug-likeness (QED) is 0.170. The lowest BCUT2D eigenvalue weighted by Gasteiger charge is -2.24. The topological polar surface area (TPSA) is 102 Å². The Hall–Kier alpha value is -3.99. The summed E-state index contributed by atoms with van der Waals surface area (Å²) in [4.78, 5) is 13.0. The van der Waals surface area contributed by atoms with Crippen molar-refractivity contribution >= 4 is 51.0 Å². The summed E-state index contributed by atoms with van der Waals surface area (Å²) in [5.74, 6) is -0.0116. The van der Waals surface area contributed by atoms with Gasteiger partial charge >= 0.3 is 0 Å². The monoisotopic (exact) mass is 628 g/mol. The molecule has 0 spiro atoms. The summed E-state index contributed by atoms with van der Waals surface area (Å²) < 4.78 is 41.0. The lowest BCUT2D eigenvalue weighted by molar-refractivity contribution is -0.119. The average molecular weight is 630 g/mol. The maximum atomic E-state index is 13.8. The van der Waals surface area contributed by atoms with E-state index in [0.29, 0.717) is 21.5 Å². The van der Waals surface area contributed by atoms with Crippen molar-refractivity contribution in [3.8, 4) is 17.2 Å². The highest BCUT2D eigenvalue weighted by molar-refractivity contribution is 7.92. The Bertz CT molecular complexity index is 1750. The number of nitrogens with one attached hydrogen (secondary N) is 1. The first kappa shape index (κ1) is 31.0. The van der Waals surface area contributed by atoms with Crippen molar-refractivity contribution in [1.29, 1.82) is 0 Å². The van der Waals surface area contributed by atoms with E-state index in [-0.39, 0.29) is 10.6 Å². The minimum atomic E-state index is -4.18. The van der Waals surface area contributed by atoms with Crippen LogP contribution in [-0.4, -0.2) is 45.9 Å². The minimum Gasteiger partial charge on any atom is -0.493 e. The predicted octanol–water partition coefficient (Wildman–Crippen LogP) is 6.07. The van der Waals surface area contributed by atoms with E-state index < -0.39 is 22.5 Å². The number of ether oxygens (including phenoxy) is 2. The van der Waals surface area contributed by atoms with Gasteiger partial charge in [-0.2, -0.15) is 5.10 Å². The summed E-state index contributed by atoms with van der Waals surface area (Å²) in [6.07, 6.45) is 1.50. The van der Waals surface area contributed by atoms with Crippen molar-refractivity contribution in [2.75, 3.05) is 25.1 Å². The van der Waals surface area contributed by atoms with E-state index in [4.69, 9.17) is 32.7 Å². The van der Waals surface area contributed by atoms with Crippen LogP contribution < -0.4 is 19.2 Å². The Morgan fingerprint density at radius 3 is 2.29 bits per heavy atom. The van der Waals surface area contributed by atoms with Crippen LogP contribution in [0.4, 0.5) is 5.69 Å². The van der Waals surface area contributed by atoms with Crippen LogP contribution in [0.25, 0.3) is 5.69 Å². The SMILES string of the molecule is COc1ccc(S(=O)(=O)N(CC(=O)N/N=C\c2cc(C)n(-c3ccc(Cl)cc3Cl)c2C)c2ccc(C)cc2)cc1OC. The summed E-state index contributed by atoms with van der Waals surface area (Å²) in [6.45, 7) is 5.19. The van der Waals surface area contributed by atoms with E-state index in [0.717, 1.165) is 32.5 Å². The second-order valence-electron chi connectivity index (χ2n) is 9.41. The number of hydrogen-bond acceptors (Lipinski definition) is 6. The van der Waals surface area contributed by atoms with Gasteiger partial charge in [-0.1, -0.05) is 40.9 Å². The van der Waals surface area contributed by atoms with E-state index in [1.165, 1.54) is 38.6 Å². The molecule has 0 bridgehead atoms. The average Bonchev–Trinajstić information content (AvgIpc) is 3.24. The molecule has 1 heterocycles. The molecule has 0 aliphatic carbocycles. The predicted molar refractivity (Wildman–Crippen MR) is 166 cm³/mol. The summed E-state index contributed by atoms with van der Waals surface area (Å²) >= 11 is 12.5. The number of carbonyl (C=O) groups excluding carboxylic acids is 1. The molecule has 1 aromatic heterocycles. The van der Waals surface area contributed by atoms with Crippen LogP contribution in [0.5, 0.6) is 11.5 Å². The number of hydrazone groups is 1. The third-order valence-corrected chi connectivity index (χ3v) is 8.87. The molecular formula is C30H30Cl2N4O5S. The molecule has 0 atom stereocenters. The highest BCUT2D eigenvalue weighted by Crippen LogP contribution is 2.32. The number of sulfonamides is 1. The van der Waals surface area contributed by atoms with Crippen LogP contribution in [0.2, 0.25) is 10.0 Å². The Morgan fingerprint density at radius 2 is 1.64 bits per heavy atom. The number of methoxy groups -OCH3 is 2. The third kappa shape index (κ3) is 6.56. The van der Waals surface area contributed by atoms with Crippen molar-refractivity contribution in [3.63, 3.8) is 0 Å². The van der Waals surface area contributed by atoms with Gasteiger partial charge in [0.05, 0.1) is 41.7 Å². The fourth-order valence-corrected chi connectivity index (χ4v) is 6.35. The van der Waals surface area contributed by atoms with Crippen molar-refractivity contribution < 1.29 is 22.7 Å². The molecule has 0 fully saturated rings. The van der Waals surface area contributed by atoms with Gasteiger partial charge in [0.25, 0.3) is 15.9 Å². The van der Waals surface area contributed by atoms with Gasteiger partial charge in [-0.15, -0.1) is 0 Å². The Balaban J connectivity index is 1.59. The number of anilines is 1. The van der Waals surface area contributed by atoms with Gasteiger partial charge in [0, 0.05) is 28.0 Å². The minimum absolute atomic E-state index is 0.0645. The number of halogens is 2. The van der Waals surface area contributed by atoms with Crippen LogP contribution in [0.3, 0.4) is 0 Å². The summed E-state index contributed by atoms with van der Waals surface area (Å²) in [5, 5.41) is 5.13. The Labute approximate surface area is 255 Å². The molecule has 3 aromatic carbocycles. The van der Waals surface area contributed by atoms with Crippen LogP contribution in [0, 0.1) is 20.8 Å². The molecule has 4 rings (SSSR count). The van der Waals surface area contributed by atoms with Crippen LogP contribution in [0.15, 0.2) is 76.7 Å². The molecule has 9 nitrogen and oxygen atoms in total. The Morgan fingerprint density at radius 1 is 0.952 bits per heavy atom. The van der Waals surface area contributed by atoms with Crippen molar-refractivity contribution in [3.05, 3.63) is 99.3 Å². The van der Waals surface area contributed by atoms with Gasteiger partial charge in [0.15, 0.2) is 11.5 Å². The second-order valence-corrected chi connectivity index (χ2v) is 12.1.